The number of carbonyl (C=O) groups is 2. The Morgan fingerprint density at radius 1 is 1.15 bits per heavy atom. The Bertz CT molecular complexity index is 831. The van der Waals surface area contributed by atoms with Crippen LogP contribution in [0.1, 0.15) is 30.8 Å². The molecule has 1 aromatic carbocycles. The van der Waals surface area contributed by atoms with E-state index in [0.29, 0.717) is 15.7 Å². The molecule has 2 aromatic rings. The van der Waals surface area contributed by atoms with Gasteiger partial charge in [-0.1, -0.05) is 23.2 Å². The summed E-state index contributed by atoms with van der Waals surface area (Å²) in [7, 11) is 0. The van der Waals surface area contributed by atoms with Crippen molar-refractivity contribution in [3.8, 4) is 5.69 Å². The molecule has 0 unspecified atom stereocenters. The van der Waals surface area contributed by atoms with E-state index in [0.717, 1.165) is 16.9 Å². The van der Waals surface area contributed by atoms with Crippen LogP contribution in [0.2, 0.25) is 10.0 Å². The molecule has 0 fully saturated rings. The highest BCUT2D eigenvalue weighted by atomic mass is 35.5. The number of hydrogen-bond acceptors (Lipinski definition) is 5. The summed E-state index contributed by atoms with van der Waals surface area (Å²) in [6, 6.07) is 5.18. The summed E-state index contributed by atoms with van der Waals surface area (Å²) in [5.74, 6) is -1.10. The lowest BCUT2D eigenvalue weighted by molar-refractivity contribution is -0.160. The second-order valence-corrected chi connectivity index (χ2v) is 6.85. The first-order valence-electron chi connectivity index (χ1n) is 8.04. The lowest BCUT2D eigenvalue weighted by Crippen LogP contribution is -2.20. The topological polar surface area (TPSA) is 70.4 Å². The Labute approximate surface area is 162 Å². The molecule has 0 saturated heterocycles. The number of hydrogen-bond donors (Lipinski definition) is 0. The van der Waals surface area contributed by atoms with Crippen molar-refractivity contribution in [2.45, 2.75) is 40.2 Å². The second kappa shape index (κ2) is 8.56. The smallest absolute Gasteiger partial charge is 0.344 e. The Hall–Kier alpha value is -2.05. The van der Waals surface area contributed by atoms with E-state index < -0.39 is 18.5 Å². The van der Waals surface area contributed by atoms with Crippen molar-refractivity contribution >= 4 is 35.1 Å². The molecule has 2 rings (SSSR count). The van der Waals surface area contributed by atoms with Crippen LogP contribution >= 0.6 is 23.2 Å². The van der Waals surface area contributed by atoms with Crippen LogP contribution in [0.4, 0.5) is 0 Å². The number of aromatic nitrogens is 2. The number of esters is 2. The van der Waals surface area contributed by atoms with Crippen LogP contribution < -0.4 is 0 Å². The summed E-state index contributed by atoms with van der Waals surface area (Å²) in [4.78, 5) is 23.5. The molecule has 0 spiro atoms. The molecular formula is C18H20Cl2N2O4. The van der Waals surface area contributed by atoms with Crippen molar-refractivity contribution in [3.05, 3.63) is 45.2 Å². The van der Waals surface area contributed by atoms with Crippen LogP contribution in [-0.4, -0.2) is 34.4 Å². The minimum atomic E-state index is -0.576. The number of carbonyl (C=O) groups excluding carboxylic acids is 2. The summed E-state index contributed by atoms with van der Waals surface area (Å²) in [6.45, 7) is 6.69. The molecular weight excluding hydrogens is 379 g/mol. The van der Waals surface area contributed by atoms with Gasteiger partial charge in [0.15, 0.2) is 6.61 Å². The summed E-state index contributed by atoms with van der Waals surface area (Å²) in [5.41, 5.74) is 2.94. The van der Waals surface area contributed by atoms with Crippen LogP contribution in [0, 0.1) is 13.8 Å². The predicted octanol–water partition coefficient (Wildman–Crippen LogP) is 3.83. The largest absolute Gasteiger partial charge is 0.460 e. The summed E-state index contributed by atoms with van der Waals surface area (Å²) in [5, 5.41) is 5.33. The fourth-order valence-electron chi connectivity index (χ4n) is 2.43. The Morgan fingerprint density at radius 3 is 2.46 bits per heavy atom. The Balaban J connectivity index is 2.11. The first-order chi connectivity index (χ1) is 12.2. The van der Waals surface area contributed by atoms with Gasteiger partial charge in [0.1, 0.15) is 0 Å². The molecule has 6 nitrogen and oxygen atoms in total. The molecule has 0 amide bonds. The first-order valence-corrected chi connectivity index (χ1v) is 8.80. The molecule has 1 aromatic heterocycles. The van der Waals surface area contributed by atoms with E-state index in [1.165, 1.54) is 0 Å². The number of aryl methyl sites for hydroxylation is 1. The summed E-state index contributed by atoms with van der Waals surface area (Å²) < 4.78 is 11.6. The highest BCUT2D eigenvalue weighted by molar-refractivity contribution is 6.42. The third-order valence-electron chi connectivity index (χ3n) is 3.63. The van der Waals surface area contributed by atoms with Crippen molar-refractivity contribution in [2.24, 2.45) is 0 Å². The third kappa shape index (κ3) is 4.99. The number of rotatable bonds is 6. The van der Waals surface area contributed by atoms with Crippen LogP contribution in [0.3, 0.4) is 0 Å². The summed E-state index contributed by atoms with van der Waals surface area (Å²) >= 11 is 12.0. The van der Waals surface area contributed by atoms with E-state index in [9.17, 15) is 9.59 Å². The standard InChI is InChI=1S/C18H20Cl2N2O4/c1-10(2)26-18(24)9-25-17(23)8-14-11(3)21-22(12(14)4)13-5-6-15(19)16(20)7-13/h5-7,10H,8-9H2,1-4H3. The number of ether oxygens (including phenoxy) is 2. The maximum Gasteiger partial charge on any atom is 0.344 e. The van der Waals surface area contributed by atoms with Gasteiger partial charge in [-0.15, -0.1) is 0 Å². The van der Waals surface area contributed by atoms with E-state index in [-0.39, 0.29) is 12.5 Å². The molecule has 8 heteroatoms. The number of halogens is 2. The van der Waals surface area contributed by atoms with Crippen molar-refractivity contribution in [3.63, 3.8) is 0 Å². The highest BCUT2D eigenvalue weighted by Crippen LogP contribution is 2.26. The van der Waals surface area contributed by atoms with E-state index in [1.807, 2.05) is 6.92 Å². The van der Waals surface area contributed by atoms with E-state index >= 15 is 0 Å². The maximum atomic E-state index is 12.0. The van der Waals surface area contributed by atoms with Crippen LogP contribution in [0.25, 0.3) is 5.69 Å². The molecule has 0 aliphatic heterocycles. The zero-order valence-corrected chi connectivity index (χ0v) is 16.5. The van der Waals surface area contributed by atoms with Gasteiger partial charge in [0.2, 0.25) is 0 Å². The van der Waals surface area contributed by atoms with Gasteiger partial charge in [-0.05, 0) is 45.9 Å². The highest BCUT2D eigenvalue weighted by Gasteiger charge is 2.18. The van der Waals surface area contributed by atoms with Crippen molar-refractivity contribution < 1.29 is 19.1 Å². The SMILES string of the molecule is Cc1nn(-c2ccc(Cl)c(Cl)c2)c(C)c1CC(=O)OCC(=O)OC(C)C. The van der Waals surface area contributed by atoms with Crippen LogP contribution in [0.5, 0.6) is 0 Å². The van der Waals surface area contributed by atoms with Crippen molar-refractivity contribution in [1.29, 1.82) is 0 Å². The van der Waals surface area contributed by atoms with E-state index in [2.05, 4.69) is 5.10 Å². The maximum absolute atomic E-state index is 12.0. The minimum absolute atomic E-state index is 0.00788. The summed E-state index contributed by atoms with van der Waals surface area (Å²) in [6.07, 6.45) is -0.247. The zero-order valence-electron chi connectivity index (χ0n) is 15.0. The van der Waals surface area contributed by atoms with Gasteiger partial charge in [-0.3, -0.25) is 4.79 Å². The molecule has 1 heterocycles. The molecule has 0 aliphatic rings. The van der Waals surface area contributed by atoms with Gasteiger partial charge in [0, 0.05) is 11.3 Å². The van der Waals surface area contributed by atoms with Crippen LogP contribution in [0.15, 0.2) is 18.2 Å². The minimum Gasteiger partial charge on any atom is -0.460 e. The second-order valence-electron chi connectivity index (χ2n) is 6.04. The predicted molar refractivity (Wildman–Crippen MR) is 98.9 cm³/mol. The normalized spacial score (nSPS) is 10.9. The fraction of sp³-hybridized carbons (Fsp3) is 0.389. The monoisotopic (exact) mass is 398 g/mol. The quantitative estimate of drug-likeness (QED) is 0.691. The van der Waals surface area contributed by atoms with Gasteiger partial charge in [-0.2, -0.15) is 5.10 Å². The molecule has 140 valence electrons. The molecule has 26 heavy (non-hydrogen) atoms. The lowest BCUT2D eigenvalue weighted by atomic mass is 10.1. The Morgan fingerprint density at radius 2 is 1.85 bits per heavy atom. The van der Waals surface area contributed by atoms with Gasteiger partial charge in [-0.25, -0.2) is 9.48 Å². The van der Waals surface area contributed by atoms with Crippen molar-refractivity contribution in [1.82, 2.24) is 9.78 Å². The van der Waals surface area contributed by atoms with Crippen LogP contribution in [-0.2, 0) is 25.5 Å². The zero-order chi connectivity index (χ0) is 19.4. The van der Waals surface area contributed by atoms with Gasteiger partial charge in [0.25, 0.3) is 0 Å². The molecule has 0 N–H and O–H groups in total. The third-order valence-corrected chi connectivity index (χ3v) is 4.37. The number of benzene rings is 1. The average Bonchev–Trinajstić information content (AvgIpc) is 2.83. The van der Waals surface area contributed by atoms with E-state index in [4.69, 9.17) is 32.7 Å². The van der Waals surface area contributed by atoms with Gasteiger partial charge >= 0.3 is 11.9 Å². The molecule has 0 saturated carbocycles. The molecule has 0 atom stereocenters. The van der Waals surface area contributed by atoms with Gasteiger partial charge in [0.05, 0.1) is 34.0 Å². The van der Waals surface area contributed by atoms with Crippen molar-refractivity contribution in [2.75, 3.05) is 6.61 Å². The number of nitrogens with zero attached hydrogens (tertiary/aromatic N) is 2. The molecule has 0 bridgehead atoms. The molecule has 0 aliphatic carbocycles. The average molecular weight is 399 g/mol. The van der Waals surface area contributed by atoms with Gasteiger partial charge < -0.3 is 9.47 Å². The first kappa shape index (κ1) is 20.3. The molecule has 0 radical (unpaired) electrons. The lowest BCUT2D eigenvalue weighted by Gasteiger charge is -2.09. The Kier molecular flexibility index (Phi) is 6.67. The fourth-order valence-corrected chi connectivity index (χ4v) is 2.72. The van der Waals surface area contributed by atoms with E-state index in [1.54, 1.807) is 43.7 Å².